The summed E-state index contributed by atoms with van der Waals surface area (Å²) in [5.41, 5.74) is 1.49. The highest BCUT2D eigenvalue weighted by Gasteiger charge is 2.08. The number of aromatic nitrogens is 1. The van der Waals surface area contributed by atoms with Crippen molar-refractivity contribution in [3.05, 3.63) is 23.5 Å². The van der Waals surface area contributed by atoms with Gasteiger partial charge in [-0.25, -0.2) is 4.79 Å². The Morgan fingerprint density at radius 2 is 2.26 bits per heavy atom. The maximum absolute atomic E-state index is 11.3. The molecule has 0 amide bonds. The molecule has 1 aromatic heterocycles. The van der Waals surface area contributed by atoms with E-state index in [0.29, 0.717) is 11.7 Å². The minimum Gasteiger partial charge on any atom is -0.464 e. The number of rotatable bonds is 8. The van der Waals surface area contributed by atoms with E-state index in [0.717, 1.165) is 31.7 Å². The van der Waals surface area contributed by atoms with Crippen molar-refractivity contribution in [1.29, 1.82) is 0 Å². The van der Waals surface area contributed by atoms with Crippen LogP contribution >= 0.6 is 0 Å². The van der Waals surface area contributed by atoms with Gasteiger partial charge in [0.05, 0.1) is 7.11 Å². The summed E-state index contributed by atoms with van der Waals surface area (Å²) in [6.07, 6.45) is 1.16. The Morgan fingerprint density at radius 3 is 2.89 bits per heavy atom. The van der Waals surface area contributed by atoms with Gasteiger partial charge in [-0.3, -0.25) is 0 Å². The smallest absolute Gasteiger partial charge is 0.354 e. The van der Waals surface area contributed by atoms with Crippen LogP contribution < -0.4 is 5.32 Å². The minimum atomic E-state index is -0.331. The molecule has 19 heavy (non-hydrogen) atoms. The highest BCUT2D eigenvalue weighted by atomic mass is 16.5. The van der Waals surface area contributed by atoms with E-state index in [9.17, 15) is 4.79 Å². The van der Waals surface area contributed by atoms with Crippen molar-refractivity contribution in [2.24, 2.45) is 0 Å². The molecule has 0 aliphatic heterocycles. The Kier molecular flexibility index (Phi) is 6.59. The summed E-state index contributed by atoms with van der Waals surface area (Å²) in [6.45, 7) is 7.09. The van der Waals surface area contributed by atoms with Crippen molar-refractivity contribution >= 4 is 5.97 Å². The zero-order chi connectivity index (χ0) is 14.3. The molecule has 1 unspecified atom stereocenters. The van der Waals surface area contributed by atoms with Crippen molar-refractivity contribution in [2.75, 3.05) is 27.2 Å². The molecule has 0 radical (unpaired) electrons. The fourth-order valence-corrected chi connectivity index (χ4v) is 1.78. The van der Waals surface area contributed by atoms with E-state index in [1.165, 1.54) is 7.11 Å². The largest absolute Gasteiger partial charge is 0.464 e. The lowest BCUT2D eigenvalue weighted by atomic mass is 10.2. The lowest BCUT2D eigenvalue weighted by Crippen LogP contribution is -2.34. The van der Waals surface area contributed by atoms with E-state index >= 15 is 0 Å². The number of esters is 1. The molecule has 5 nitrogen and oxygen atoms in total. The van der Waals surface area contributed by atoms with Gasteiger partial charge < -0.3 is 19.9 Å². The molecule has 0 bridgehead atoms. The van der Waals surface area contributed by atoms with Gasteiger partial charge in [0.15, 0.2) is 0 Å². The summed E-state index contributed by atoms with van der Waals surface area (Å²) in [6, 6.07) is 4.25. The van der Waals surface area contributed by atoms with Gasteiger partial charge in [-0.15, -0.1) is 0 Å². The summed E-state index contributed by atoms with van der Waals surface area (Å²) in [5.74, 6) is -0.331. The maximum Gasteiger partial charge on any atom is 0.354 e. The Balaban J connectivity index is 2.26. The summed E-state index contributed by atoms with van der Waals surface area (Å²) >= 11 is 0. The van der Waals surface area contributed by atoms with E-state index in [2.05, 4.69) is 40.8 Å². The normalized spacial score (nSPS) is 12.7. The van der Waals surface area contributed by atoms with Crippen molar-refractivity contribution in [3.63, 3.8) is 0 Å². The highest BCUT2D eigenvalue weighted by molar-refractivity contribution is 5.87. The van der Waals surface area contributed by atoms with E-state index in [1.807, 2.05) is 6.07 Å². The van der Waals surface area contributed by atoms with Crippen LogP contribution in [0, 0.1) is 0 Å². The first kappa shape index (κ1) is 15.7. The molecular weight excluding hydrogens is 242 g/mol. The number of hydrogen-bond donors (Lipinski definition) is 2. The molecule has 0 aliphatic rings. The van der Waals surface area contributed by atoms with Crippen LogP contribution in [0.4, 0.5) is 0 Å². The van der Waals surface area contributed by atoms with Crippen LogP contribution in [0.1, 0.15) is 36.5 Å². The number of nitrogens with one attached hydrogen (secondary N) is 2. The average molecular weight is 267 g/mol. The Labute approximate surface area is 115 Å². The number of likely N-dealkylation sites (N-methyl/N-ethyl adjacent to an activating group) is 1. The monoisotopic (exact) mass is 267 g/mol. The molecule has 1 rings (SSSR count). The first-order valence-corrected chi connectivity index (χ1v) is 6.75. The topological polar surface area (TPSA) is 57.4 Å². The lowest BCUT2D eigenvalue weighted by Gasteiger charge is -2.23. The molecule has 1 heterocycles. The number of H-pyrrole nitrogens is 1. The van der Waals surface area contributed by atoms with Gasteiger partial charge >= 0.3 is 5.97 Å². The Bertz CT molecular complexity index is 390. The van der Waals surface area contributed by atoms with Crippen LogP contribution in [0.25, 0.3) is 0 Å². The van der Waals surface area contributed by atoms with Crippen LogP contribution in [0.5, 0.6) is 0 Å². The molecule has 0 aromatic carbocycles. The van der Waals surface area contributed by atoms with Gasteiger partial charge in [0.25, 0.3) is 0 Å². The predicted molar refractivity (Wildman–Crippen MR) is 76.2 cm³/mol. The molecule has 0 saturated carbocycles. The van der Waals surface area contributed by atoms with Crippen molar-refractivity contribution in [2.45, 2.75) is 32.9 Å². The molecular formula is C14H25N3O2. The van der Waals surface area contributed by atoms with Crippen LogP contribution in [0.3, 0.4) is 0 Å². The number of carbonyl (C=O) groups excluding carboxylic acids is 1. The van der Waals surface area contributed by atoms with Crippen LogP contribution in [0.15, 0.2) is 12.1 Å². The summed E-state index contributed by atoms with van der Waals surface area (Å²) in [5, 5.41) is 3.36. The maximum atomic E-state index is 11.3. The van der Waals surface area contributed by atoms with Gasteiger partial charge in [0.2, 0.25) is 0 Å². The van der Waals surface area contributed by atoms with E-state index in [4.69, 9.17) is 0 Å². The predicted octanol–water partition coefficient (Wildman–Crippen LogP) is 1.62. The number of hydrogen-bond acceptors (Lipinski definition) is 4. The number of methoxy groups -OCH3 is 1. The number of aromatic amines is 1. The fourth-order valence-electron chi connectivity index (χ4n) is 1.78. The van der Waals surface area contributed by atoms with Gasteiger partial charge in [0.1, 0.15) is 5.69 Å². The molecule has 0 aliphatic carbocycles. The first-order chi connectivity index (χ1) is 9.08. The van der Waals surface area contributed by atoms with Crippen molar-refractivity contribution < 1.29 is 9.53 Å². The second-order valence-corrected chi connectivity index (χ2v) is 4.80. The second-order valence-electron chi connectivity index (χ2n) is 4.80. The van der Waals surface area contributed by atoms with Crippen molar-refractivity contribution in [3.8, 4) is 0 Å². The van der Waals surface area contributed by atoms with E-state index in [1.54, 1.807) is 6.07 Å². The number of carbonyl (C=O) groups is 1. The van der Waals surface area contributed by atoms with Gasteiger partial charge in [-0.05, 0) is 32.5 Å². The Hall–Kier alpha value is -1.33. The fraction of sp³-hybridized carbons (Fsp3) is 0.643. The molecule has 1 atom stereocenters. The standard InChI is InChI=1S/C14H25N3O2/c1-5-11(2)17(3)9-8-15-10-12-6-7-13(16-12)14(18)19-4/h6-7,11,15-16H,5,8-10H2,1-4H3. The Morgan fingerprint density at radius 1 is 1.53 bits per heavy atom. The third kappa shape index (κ3) is 5.04. The zero-order valence-corrected chi connectivity index (χ0v) is 12.3. The van der Waals surface area contributed by atoms with Gasteiger partial charge in [0, 0.05) is 31.4 Å². The van der Waals surface area contributed by atoms with Gasteiger partial charge in [-0.1, -0.05) is 6.92 Å². The summed E-state index contributed by atoms with van der Waals surface area (Å²) < 4.78 is 4.65. The molecule has 0 fully saturated rings. The number of ether oxygens (including phenoxy) is 1. The van der Waals surface area contributed by atoms with Crippen LogP contribution in [0.2, 0.25) is 0 Å². The van der Waals surface area contributed by atoms with Crippen LogP contribution in [-0.2, 0) is 11.3 Å². The molecule has 5 heteroatoms. The van der Waals surface area contributed by atoms with E-state index < -0.39 is 0 Å². The molecule has 0 saturated heterocycles. The average Bonchev–Trinajstić information content (AvgIpc) is 2.90. The molecule has 2 N–H and O–H groups in total. The third-order valence-electron chi connectivity index (χ3n) is 3.45. The lowest BCUT2D eigenvalue weighted by molar-refractivity contribution is 0.0594. The van der Waals surface area contributed by atoms with Crippen LogP contribution in [-0.4, -0.2) is 49.1 Å². The summed E-state index contributed by atoms with van der Waals surface area (Å²) in [7, 11) is 3.52. The van der Waals surface area contributed by atoms with E-state index in [-0.39, 0.29) is 5.97 Å². The van der Waals surface area contributed by atoms with Crippen molar-refractivity contribution in [1.82, 2.24) is 15.2 Å². The third-order valence-corrected chi connectivity index (χ3v) is 3.45. The van der Waals surface area contributed by atoms with Gasteiger partial charge in [-0.2, -0.15) is 0 Å². The SMILES string of the molecule is CCC(C)N(C)CCNCc1ccc(C(=O)OC)[nH]1. The minimum absolute atomic E-state index is 0.331. The zero-order valence-electron chi connectivity index (χ0n) is 12.3. The summed E-state index contributed by atoms with van der Waals surface area (Å²) in [4.78, 5) is 16.6. The first-order valence-electron chi connectivity index (χ1n) is 6.75. The second kappa shape index (κ2) is 7.96. The molecule has 108 valence electrons. The molecule has 0 spiro atoms. The highest BCUT2D eigenvalue weighted by Crippen LogP contribution is 2.03. The number of nitrogens with zero attached hydrogens (tertiary/aromatic N) is 1. The molecule has 1 aromatic rings. The quantitative estimate of drug-likeness (QED) is 0.555.